The highest BCUT2D eigenvalue weighted by molar-refractivity contribution is 7.52. The lowest BCUT2D eigenvalue weighted by Crippen LogP contribution is -2.44. The van der Waals surface area contributed by atoms with Crippen molar-refractivity contribution in [3.63, 3.8) is 0 Å². The van der Waals surface area contributed by atoms with Crippen LogP contribution in [0.3, 0.4) is 0 Å². The lowest BCUT2D eigenvalue weighted by molar-refractivity contribution is -0.203. The summed E-state index contributed by atoms with van der Waals surface area (Å²) in [7, 11) is -4.54. The molecule has 1 aromatic heterocycles. The zero-order valence-corrected chi connectivity index (χ0v) is 22.1. The first-order valence-electron chi connectivity index (χ1n) is 11.8. The number of hydrogen-bond acceptors (Lipinski definition) is 10. The summed E-state index contributed by atoms with van der Waals surface area (Å²) in [6, 6.07) is 7.70. The van der Waals surface area contributed by atoms with Gasteiger partial charge in [-0.3, -0.25) is 13.9 Å². The topological polar surface area (TPSA) is 164 Å². The second kappa shape index (κ2) is 11.9. The van der Waals surface area contributed by atoms with E-state index in [2.05, 4.69) is 10.1 Å². The number of carbonyl (C=O) groups is 1. The SMILES string of the molecule is CC(C)OC(=O)[C@H](C)NP(=O)(OC[C@@]1(F)OC(n2ccc(N)nc2=O)[C@@H]([C@H](C)F)[C@@H]1O)Oc1ccccc1. The second-order valence-electron chi connectivity index (χ2n) is 9.05. The number of nitrogens with one attached hydrogen (secondary N) is 1. The molecular formula is C23H31F2N4O8P. The normalized spacial score (nSPS) is 26.5. The number of para-hydroxylation sites is 1. The van der Waals surface area contributed by atoms with E-state index in [9.17, 15) is 23.7 Å². The Morgan fingerprint density at radius 3 is 2.53 bits per heavy atom. The van der Waals surface area contributed by atoms with Crippen molar-refractivity contribution in [2.24, 2.45) is 5.92 Å². The van der Waals surface area contributed by atoms with E-state index in [4.69, 9.17) is 24.3 Å². The van der Waals surface area contributed by atoms with E-state index in [-0.39, 0.29) is 11.6 Å². The molecule has 3 rings (SSSR count). The fourth-order valence-electron chi connectivity index (χ4n) is 3.76. The van der Waals surface area contributed by atoms with Crippen LogP contribution in [0.2, 0.25) is 0 Å². The third-order valence-electron chi connectivity index (χ3n) is 5.57. The van der Waals surface area contributed by atoms with Gasteiger partial charge in [-0.25, -0.2) is 18.1 Å². The first kappa shape index (κ1) is 29.7. The first-order valence-corrected chi connectivity index (χ1v) is 13.3. The summed E-state index contributed by atoms with van der Waals surface area (Å²) in [4.78, 5) is 28.1. The standard InChI is InChI=1S/C23H31F2N4O8P/c1-13(2)35-21(31)15(4)28-38(33,37-16-8-6-5-7-9-16)34-12-23(25)19(30)18(14(3)24)20(36-23)29-11-10-17(26)27-22(29)32/h5-11,13-15,18-20,30H,12H2,1-4H3,(H,28,33)(H2,26,27,32)/t14-,15-,18-,19-,20?,23+,38?/m0/s1. The number of hydrogen-bond donors (Lipinski definition) is 3. The lowest BCUT2D eigenvalue weighted by Gasteiger charge is -2.28. The minimum Gasteiger partial charge on any atom is -0.462 e. The molecular weight excluding hydrogens is 529 g/mol. The number of anilines is 1. The zero-order valence-electron chi connectivity index (χ0n) is 21.2. The Morgan fingerprint density at radius 1 is 1.29 bits per heavy atom. The molecule has 1 fully saturated rings. The number of aromatic nitrogens is 2. The van der Waals surface area contributed by atoms with Crippen molar-refractivity contribution in [3.05, 3.63) is 53.1 Å². The quantitative estimate of drug-likeness (QED) is 0.273. The van der Waals surface area contributed by atoms with E-state index in [1.807, 2.05) is 0 Å². The molecule has 2 unspecified atom stereocenters. The molecule has 0 bridgehead atoms. The van der Waals surface area contributed by atoms with Gasteiger partial charge in [0.2, 0.25) is 0 Å². The summed E-state index contributed by atoms with van der Waals surface area (Å²) in [5.74, 6) is -5.57. The fraction of sp³-hybridized carbons (Fsp3) is 0.522. The van der Waals surface area contributed by atoms with Gasteiger partial charge in [-0.1, -0.05) is 18.2 Å². The number of aliphatic hydroxyl groups is 1. The van der Waals surface area contributed by atoms with E-state index in [0.717, 1.165) is 17.7 Å². The van der Waals surface area contributed by atoms with Crippen LogP contribution < -0.4 is 21.0 Å². The van der Waals surface area contributed by atoms with Gasteiger partial charge >= 0.3 is 19.4 Å². The molecule has 1 saturated heterocycles. The Balaban J connectivity index is 1.87. The second-order valence-corrected chi connectivity index (χ2v) is 10.7. The van der Waals surface area contributed by atoms with E-state index in [1.165, 1.54) is 25.1 Å². The van der Waals surface area contributed by atoms with Crippen molar-refractivity contribution in [3.8, 4) is 5.75 Å². The van der Waals surface area contributed by atoms with Crippen LogP contribution in [-0.2, 0) is 23.4 Å². The number of nitrogens with two attached hydrogens (primary N) is 1. The van der Waals surface area contributed by atoms with Crippen LogP contribution in [0.5, 0.6) is 5.75 Å². The molecule has 210 valence electrons. The van der Waals surface area contributed by atoms with Crippen LogP contribution in [-0.4, -0.2) is 57.5 Å². The molecule has 0 aliphatic carbocycles. The maximum Gasteiger partial charge on any atom is 0.459 e. The molecule has 1 aromatic carbocycles. The summed E-state index contributed by atoms with van der Waals surface area (Å²) < 4.78 is 66.0. The van der Waals surface area contributed by atoms with Crippen LogP contribution in [0.25, 0.3) is 0 Å². The molecule has 7 atom stereocenters. The highest BCUT2D eigenvalue weighted by Gasteiger charge is 2.59. The van der Waals surface area contributed by atoms with Gasteiger partial charge < -0.3 is 24.8 Å². The average Bonchev–Trinajstić information content (AvgIpc) is 3.09. The van der Waals surface area contributed by atoms with Gasteiger partial charge in [0.05, 0.1) is 12.0 Å². The maximum absolute atomic E-state index is 16.0. The minimum atomic E-state index is -4.54. The molecule has 15 heteroatoms. The number of nitrogen functional groups attached to an aromatic ring is 1. The molecule has 12 nitrogen and oxygen atoms in total. The Hall–Kier alpha value is -2.90. The number of aliphatic hydroxyl groups excluding tert-OH is 1. The van der Waals surface area contributed by atoms with Gasteiger partial charge in [0.1, 0.15) is 36.5 Å². The number of nitrogens with zero attached hydrogens (tertiary/aromatic N) is 2. The maximum atomic E-state index is 16.0. The molecule has 1 aliphatic heterocycles. The third kappa shape index (κ3) is 6.94. The average molecular weight is 560 g/mol. The Bertz CT molecular complexity index is 1220. The largest absolute Gasteiger partial charge is 0.462 e. The molecule has 2 heterocycles. The number of esters is 1. The van der Waals surface area contributed by atoms with Crippen molar-refractivity contribution in [1.82, 2.24) is 14.6 Å². The predicted octanol–water partition coefficient (Wildman–Crippen LogP) is 2.49. The van der Waals surface area contributed by atoms with E-state index in [0.29, 0.717) is 0 Å². The highest BCUT2D eigenvalue weighted by Crippen LogP contribution is 2.50. The lowest BCUT2D eigenvalue weighted by atomic mass is 9.94. The number of carbonyl (C=O) groups excluding carboxylic acids is 1. The molecule has 38 heavy (non-hydrogen) atoms. The molecule has 2 aromatic rings. The zero-order chi connectivity index (χ0) is 28.3. The Morgan fingerprint density at radius 2 is 1.95 bits per heavy atom. The number of alkyl halides is 2. The van der Waals surface area contributed by atoms with Gasteiger partial charge in [-0.05, 0) is 45.9 Å². The summed E-state index contributed by atoms with van der Waals surface area (Å²) >= 11 is 0. The van der Waals surface area contributed by atoms with Crippen molar-refractivity contribution < 1.29 is 41.8 Å². The van der Waals surface area contributed by atoms with Crippen LogP contribution in [0.1, 0.15) is 33.9 Å². The fourth-order valence-corrected chi connectivity index (χ4v) is 5.26. The number of benzene rings is 1. The predicted molar refractivity (Wildman–Crippen MR) is 131 cm³/mol. The van der Waals surface area contributed by atoms with Crippen molar-refractivity contribution in [2.75, 3.05) is 12.3 Å². The van der Waals surface area contributed by atoms with E-state index >= 15 is 4.39 Å². The highest BCUT2D eigenvalue weighted by atomic mass is 31.2. The minimum absolute atomic E-state index is 0.0567. The van der Waals surface area contributed by atoms with Crippen molar-refractivity contribution >= 4 is 19.5 Å². The van der Waals surface area contributed by atoms with Crippen LogP contribution in [0.15, 0.2) is 47.4 Å². The van der Waals surface area contributed by atoms with Crippen LogP contribution in [0.4, 0.5) is 14.6 Å². The van der Waals surface area contributed by atoms with Gasteiger partial charge in [0.25, 0.3) is 5.85 Å². The molecule has 4 N–H and O–H groups in total. The molecule has 0 saturated carbocycles. The van der Waals surface area contributed by atoms with Crippen molar-refractivity contribution in [2.45, 2.75) is 64.2 Å². The first-order chi connectivity index (χ1) is 17.7. The van der Waals surface area contributed by atoms with Gasteiger partial charge in [0, 0.05) is 6.20 Å². The Labute approximate surface area is 217 Å². The summed E-state index contributed by atoms with van der Waals surface area (Å²) in [6.45, 7) is 4.40. The third-order valence-corrected chi connectivity index (χ3v) is 7.19. The molecule has 1 aliphatic rings. The van der Waals surface area contributed by atoms with Gasteiger partial charge in [0.15, 0.2) is 6.23 Å². The van der Waals surface area contributed by atoms with Crippen molar-refractivity contribution in [1.29, 1.82) is 0 Å². The molecule has 0 spiro atoms. The Kier molecular flexibility index (Phi) is 9.26. The molecule has 0 radical (unpaired) electrons. The van der Waals surface area contributed by atoms with Gasteiger partial charge in [-0.2, -0.15) is 10.1 Å². The van der Waals surface area contributed by atoms with Crippen LogP contribution in [0, 0.1) is 5.92 Å². The smallest absolute Gasteiger partial charge is 0.459 e. The number of rotatable bonds is 11. The monoisotopic (exact) mass is 560 g/mol. The summed E-state index contributed by atoms with van der Waals surface area (Å²) in [6.07, 6.45) is -5.00. The van der Waals surface area contributed by atoms with Crippen LogP contribution >= 0.6 is 7.75 Å². The van der Waals surface area contributed by atoms with E-state index < -0.39 is 68.4 Å². The van der Waals surface area contributed by atoms with Gasteiger partial charge in [-0.15, -0.1) is 0 Å². The number of halogens is 2. The summed E-state index contributed by atoms with van der Waals surface area (Å²) in [5.41, 5.74) is 4.52. The van der Waals surface area contributed by atoms with E-state index in [1.54, 1.807) is 32.0 Å². The number of ether oxygens (including phenoxy) is 2. The molecule has 0 amide bonds. The summed E-state index contributed by atoms with van der Waals surface area (Å²) in [5, 5.41) is 13.1.